The largest absolute Gasteiger partial charge is 0.350 e. The zero-order valence-electron chi connectivity index (χ0n) is 9.02. The van der Waals surface area contributed by atoms with Gasteiger partial charge in [0.25, 0.3) is 5.91 Å². The maximum atomic E-state index is 12.8. The highest BCUT2D eigenvalue weighted by Crippen LogP contribution is 2.08. The van der Waals surface area contributed by atoms with E-state index in [1.165, 1.54) is 23.1 Å². The van der Waals surface area contributed by atoms with Crippen LogP contribution in [-0.2, 0) is 6.42 Å². The van der Waals surface area contributed by atoms with Crippen molar-refractivity contribution in [2.24, 2.45) is 0 Å². The average molecular weight is 250 g/mol. The Bertz CT molecular complexity index is 499. The Morgan fingerprint density at radius 3 is 2.94 bits per heavy atom. The van der Waals surface area contributed by atoms with E-state index in [-0.39, 0.29) is 11.6 Å². The summed E-state index contributed by atoms with van der Waals surface area (Å²) >= 11 is 1.65. The van der Waals surface area contributed by atoms with Gasteiger partial charge in [0.05, 0.1) is 0 Å². The molecule has 0 aromatic carbocycles. The average Bonchev–Trinajstić information content (AvgIpc) is 2.82. The molecule has 1 amide bonds. The van der Waals surface area contributed by atoms with Gasteiger partial charge in [-0.15, -0.1) is 11.3 Å². The van der Waals surface area contributed by atoms with Crippen molar-refractivity contribution in [3.63, 3.8) is 0 Å². The maximum absolute atomic E-state index is 12.8. The van der Waals surface area contributed by atoms with Gasteiger partial charge in [0, 0.05) is 11.4 Å². The van der Waals surface area contributed by atoms with E-state index in [1.807, 2.05) is 17.5 Å². The molecule has 1 N–H and O–H groups in total. The van der Waals surface area contributed by atoms with Gasteiger partial charge in [-0.1, -0.05) is 12.1 Å². The second-order valence-electron chi connectivity index (χ2n) is 3.43. The second-order valence-corrected chi connectivity index (χ2v) is 4.46. The number of carbonyl (C=O) groups is 1. The first-order valence-electron chi connectivity index (χ1n) is 5.19. The van der Waals surface area contributed by atoms with Gasteiger partial charge < -0.3 is 5.32 Å². The number of carbonyl (C=O) groups excluding carboxylic acids is 1. The molecule has 2 aromatic rings. The van der Waals surface area contributed by atoms with Crippen LogP contribution in [0.1, 0.15) is 15.4 Å². The van der Waals surface area contributed by atoms with Crippen LogP contribution < -0.4 is 5.32 Å². The zero-order valence-corrected chi connectivity index (χ0v) is 9.84. The number of nitrogens with one attached hydrogen (secondary N) is 1. The van der Waals surface area contributed by atoms with Gasteiger partial charge in [0.1, 0.15) is 5.69 Å². The fourth-order valence-corrected chi connectivity index (χ4v) is 2.09. The standard InChI is InChI=1S/C12H11FN2OS/c13-11-5-1-4-10(15-11)12(16)14-7-6-9-3-2-8-17-9/h1-5,8H,6-7H2,(H,14,16). The lowest BCUT2D eigenvalue weighted by molar-refractivity contribution is 0.0948. The lowest BCUT2D eigenvalue weighted by Crippen LogP contribution is -2.26. The van der Waals surface area contributed by atoms with Gasteiger partial charge in [-0.2, -0.15) is 4.39 Å². The monoisotopic (exact) mass is 250 g/mol. The summed E-state index contributed by atoms with van der Waals surface area (Å²) in [7, 11) is 0. The second kappa shape index (κ2) is 5.54. The van der Waals surface area contributed by atoms with Gasteiger partial charge >= 0.3 is 0 Å². The molecular formula is C12H11FN2OS. The summed E-state index contributed by atoms with van der Waals surface area (Å²) in [6.45, 7) is 0.525. The number of rotatable bonds is 4. The molecule has 17 heavy (non-hydrogen) atoms. The molecule has 0 aliphatic heterocycles. The fraction of sp³-hybridized carbons (Fsp3) is 0.167. The summed E-state index contributed by atoms with van der Waals surface area (Å²) in [6.07, 6.45) is 0.777. The molecular weight excluding hydrogens is 239 g/mol. The lowest BCUT2D eigenvalue weighted by Gasteiger charge is -2.03. The normalized spacial score (nSPS) is 10.2. The van der Waals surface area contributed by atoms with E-state index in [0.717, 1.165) is 6.42 Å². The highest BCUT2D eigenvalue weighted by molar-refractivity contribution is 7.09. The van der Waals surface area contributed by atoms with E-state index in [0.29, 0.717) is 6.54 Å². The number of pyridine rings is 1. The van der Waals surface area contributed by atoms with E-state index in [2.05, 4.69) is 10.3 Å². The molecule has 2 rings (SSSR count). The number of amides is 1. The Morgan fingerprint density at radius 2 is 2.24 bits per heavy atom. The molecule has 0 atom stereocenters. The van der Waals surface area contributed by atoms with Crippen LogP contribution in [0.3, 0.4) is 0 Å². The summed E-state index contributed by atoms with van der Waals surface area (Å²) in [6, 6.07) is 8.15. The minimum Gasteiger partial charge on any atom is -0.350 e. The van der Waals surface area contributed by atoms with Crippen LogP contribution in [0, 0.1) is 5.95 Å². The summed E-state index contributed by atoms with van der Waals surface area (Å²) in [5.74, 6) is -0.989. The Hall–Kier alpha value is -1.75. The van der Waals surface area contributed by atoms with Crippen molar-refractivity contribution in [1.82, 2.24) is 10.3 Å². The molecule has 3 nitrogen and oxygen atoms in total. The Kier molecular flexibility index (Phi) is 3.82. The molecule has 2 aromatic heterocycles. The minimum absolute atomic E-state index is 0.108. The van der Waals surface area contributed by atoms with Crippen molar-refractivity contribution in [3.05, 3.63) is 52.2 Å². The third-order valence-corrected chi connectivity index (χ3v) is 3.12. The van der Waals surface area contributed by atoms with Gasteiger partial charge in [-0.05, 0) is 30.0 Å². The number of hydrogen-bond donors (Lipinski definition) is 1. The van der Waals surface area contributed by atoms with Gasteiger partial charge in [-0.25, -0.2) is 4.98 Å². The van der Waals surface area contributed by atoms with E-state index >= 15 is 0 Å². The van der Waals surface area contributed by atoms with E-state index in [9.17, 15) is 9.18 Å². The van der Waals surface area contributed by atoms with E-state index in [4.69, 9.17) is 0 Å². The molecule has 0 aliphatic rings. The number of aromatic nitrogens is 1. The van der Waals surface area contributed by atoms with E-state index < -0.39 is 5.95 Å². The fourth-order valence-electron chi connectivity index (χ4n) is 1.38. The summed E-state index contributed by atoms with van der Waals surface area (Å²) in [5, 5.41) is 4.69. The van der Waals surface area contributed by atoms with Crippen molar-refractivity contribution >= 4 is 17.2 Å². The Morgan fingerprint density at radius 1 is 1.35 bits per heavy atom. The predicted octanol–water partition coefficient (Wildman–Crippen LogP) is 2.25. The lowest BCUT2D eigenvalue weighted by atomic mass is 10.3. The molecule has 0 saturated carbocycles. The molecule has 0 unspecified atom stereocenters. The summed E-state index contributed by atoms with van der Waals surface area (Å²) in [4.78, 5) is 16.3. The number of nitrogens with zero attached hydrogens (tertiary/aromatic N) is 1. The van der Waals surface area contributed by atoms with Gasteiger partial charge in [-0.3, -0.25) is 4.79 Å². The molecule has 88 valence electrons. The topological polar surface area (TPSA) is 42.0 Å². The molecule has 0 spiro atoms. The molecule has 0 aliphatic carbocycles. The number of hydrogen-bond acceptors (Lipinski definition) is 3. The molecule has 0 radical (unpaired) electrons. The third-order valence-electron chi connectivity index (χ3n) is 2.18. The summed E-state index contributed by atoms with van der Waals surface area (Å²) < 4.78 is 12.8. The highest BCUT2D eigenvalue weighted by Gasteiger charge is 2.07. The van der Waals surface area contributed by atoms with Crippen molar-refractivity contribution in [2.75, 3.05) is 6.54 Å². The SMILES string of the molecule is O=C(NCCc1cccs1)c1cccc(F)n1. The summed E-state index contributed by atoms with van der Waals surface area (Å²) in [5.41, 5.74) is 0.108. The van der Waals surface area contributed by atoms with Crippen LogP contribution in [0.25, 0.3) is 0 Å². The van der Waals surface area contributed by atoms with Crippen LogP contribution in [-0.4, -0.2) is 17.4 Å². The molecule has 0 fully saturated rings. The van der Waals surface area contributed by atoms with Crippen LogP contribution in [0.2, 0.25) is 0 Å². The quantitative estimate of drug-likeness (QED) is 0.846. The first-order chi connectivity index (χ1) is 8.25. The first-order valence-corrected chi connectivity index (χ1v) is 6.07. The van der Waals surface area contributed by atoms with Crippen molar-refractivity contribution in [3.8, 4) is 0 Å². The van der Waals surface area contributed by atoms with Crippen LogP contribution >= 0.6 is 11.3 Å². The number of thiophene rings is 1. The molecule has 5 heteroatoms. The van der Waals surface area contributed by atoms with Crippen molar-refractivity contribution in [1.29, 1.82) is 0 Å². The smallest absolute Gasteiger partial charge is 0.270 e. The molecule has 2 heterocycles. The van der Waals surface area contributed by atoms with Crippen LogP contribution in [0.4, 0.5) is 4.39 Å². The third kappa shape index (κ3) is 3.35. The number of halogens is 1. The van der Waals surface area contributed by atoms with Crippen LogP contribution in [0.5, 0.6) is 0 Å². The zero-order chi connectivity index (χ0) is 12.1. The predicted molar refractivity (Wildman–Crippen MR) is 64.6 cm³/mol. The van der Waals surface area contributed by atoms with Crippen molar-refractivity contribution < 1.29 is 9.18 Å². The highest BCUT2D eigenvalue weighted by atomic mass is 32.1. The minimum atomic E-state index is -0.643. The Labute approximate surface area is 102 Å². The Balaban J connectivity index is 1.85. The molecule has 0 saturated heterocycles. The maximum Gasteiger partial charge on any atom is 0.270 e. The van der Waals surface area contributed by atoms with Crippen LogP contribution in [0.15, 0.2) is 35.7 Å². The van der Waals surface area contributed by atoms with E-state index in [1.54, 1.807) is 11.3 Å². The van der Waals surface area contributed by atoms with Gasteiger partial charge in [0.15, 0.2) is 0 Å². The van der Waals surface area contributed by atoms with Crippen molar-refractivity contribution in [2.45, 2.75) is 6.42 Å². The molecule has 0 bridgehead atoms. The van der Waals surface area contributed by atoms with Gasteiger partial charge in [0.2, 0.25) is 5.95 Å². The first kappa shape index (κ1) is 11.7.